The second-order valence-electron chi connectivity index (χ2n) is 3.79. The van der Waals surface area contributed by atoms with Gasteiger partial charge in [-0.25, -0.2) is 0 Å². The number of ether oxygens (including phenoxy) is 1. The van der Waals surface area contributed by atoms with E-state index in [-0.39, 0.29) is 5.67 Å². The van der Waals surface area contributed by atoms with Crippen LogP contribution in [0.3, 0.4) is 0 Å². The Kier molecular flexibility index (Phi) is 5.88. The first-order valence-corrected chi connectivity index (χ1v) is 7.51. The van der Waals surface area contributed by atoms with Crippen molar-refractivity contribution in [1.82, 2.24) is 4.90 Å². The molecule has 0 saturated carbocycles. The number of hydrogen-bond acceptors (Lipinski definition) is 5. The summed E-state index contributed by atoms with van der Waals surface area (Å²) in [5, 5.41) is 0. The molecule has 1 unspecified atom stereocenters. The van der Waals surface area contributed by atoms with Crippen LogP contribution >= 0.6 is 0 Å². The second-order valence-corrected chi connectivity index (χ2v) is 6.89. The molecule has 0 radical (unpaired) electrons. The number of morpholine rings is 1. The van der Waals surface area contributed by atoms with E-state index < -0.39 is 8.80 Å². The molecule has 1 aliphatic rings. The molecule has 0 aromatic heterocycles. The molecule has 0 aliphatic carbocycles. The van der Waals surface area contributed by atoms with Crippen molar-refractivity contribution < 1.29 is 18.0 Å². The van der Waals surface area contributed by atoms with Gasteiger partial charge in [-0.1, -0.05) is 6.92 Å². The Morgan fingerprint density at radius 3 is 2.00 bits per heavy atom. The average molecular weight is 249 g/mol. The summed E-state index contributed by atoms with van der Waals surface area (Å²) in [5.74, 6) is 0. The molecule has 6 heteroatoms. The molecule has 1 atom stereocenters. The standard InChI is InChI=1S/C10H23NO4Si/c1-5-10(11-6-8-15-9-7-11)16(12-2,13-3)14-4/h10H,5-9H2,1-4H3. The summed E-state index contributed by atoms with van der Waals surface area (Å²) in [6, 6.07) is 0. The van der Waals surface area contributed by atoms with Gasteiger partial charge in [0.05, 0.1) is 18.9 Å². The highest BCUT2D eigenvalue weighted by molar-refractivity contribution is 6.62. The van der Waals surface area contributed by atoms with Crippen molar-refractivity contribution in [3.63, 3.8) is 0 Å². The molecule has 5 nitrogen and oxygen atoms in total. The first-order valence-electron chi connectivity index (χ1n) is 5.71. The molecule has 1 rings (SSSR count). The van der Waals surface area contributed by atoms with Crippen molar-refractivity contribution in [3.05, 3.63) is 0 Å². The molecule has 1 saturated heterocycles. The van der Waals surface area contributed by atoms with E-state index in [4.69, 9.17) is 18.0 Å². The minimum Gasteiger partial charge on any atom is -0.379 e. The van der Waals surface area contributed by atoms with E-state index in [2.05, 4.69) is 11.8 Å². The van der Waals surface area contributed by atoms with Crippen molar-refractivity contribution in [1.29, 1.82) is 0 Å². The van der Waals surface area contributed by atoms with Gasteiger partial charge in [0.1, 0.15) is 0 Å². The zero-order valence-electron chi connectivity index (χ0n) is 10.7. The topological polar surface area (TPSA) is 40.2 Å². The molecule has 0 aromatic carbocycles. The molecule has 1 aliphatic heterocycles. The fourth-order valence-corrected chi connectivity index (χ4v) is 4.80. The Morgan fingerprint density at radius 2 is 1.62 bits per heavy atom. The van der Waals surface area contributed by atoms with E-state index >= 15 is 0 Å². The van der Waals surface area contributed by atoms with Crippen LogP contribution in [-0.2, 0) is 18.0 Å². The maximum atomic E-state index is 5.55. The summed E-state index contributed by atoms with van der Waals surface area (Å²) in [4.78, 5) is 2.35. The van der Waals surface area contributed by atoms with E-state index in [1.165, 1.54) is 0 Å². The molecule has 1 heterocycles. The summed E-state index contributed by atoms with van der Waals surface area (Å²) in [7, 11) is 2.44. The van der Waals surface area contributed by atoms with Gasteiger partial charge < -0.3 is 18.0 Å². The van der Waals surface area contributed by atoms with Gasteiger partial charge in [0.25, 0.3) is 0 Å². The van der Waals surface area contributed by atoms with Gasteiger partial charge in [-0.3, -0.25) is 4.90 Å². The lowest BCUT2D eigenvalue weighted by Gasteiger charge is -2.40. The molecular weight excluding hydrogens is 226 g/mol. The van der Waals surface area contributed by atoms with Crippen LogP contribution in [0.25, 0.3) is 0 Å². The lowest BCUT2D eigenvalue weighted by atomic mass is 10.3. The molecule has 0 N–H and O–H groups in total. The van der Waals surface area contributed by atoms with Gasteiger partial charge in [-0.2, -0.15) is 0 Å². The van der Waals surface area contributed by atoms with Crippen LogP contribution in [0.4, 0.5) is 0 Å². The highest BCUT2D eigenvalue weighted by atomic mass is 28.4. The van der Waals surface area contributed by atoms with Gasteiger partial charge in [-0.15, -0.1) is 0 Å². The zero-order valence-corrected chi connectivity index (χ0v) is 11.7. The van der Waals surface area contributed by atoms with Gasteiger partial charge in [0.2, 0.25) is 0 Å². The number of hydrogen-bond donors (Lipinski definition) is 0. The fraction of sp³-hybridized carbons (Fsp3) is 1.00. The third-order valence-electron chi connectivity index (χ3n) is 3.13. The van der Waals surface area contributed by atoms with Gasteiger partial charge >= 0.3 is 8.80 Å². The third kappa shape index (κ3) is 2.82. The van der Waals surface area contributed by atoms with Crippen molar-refractivity contribution in [2.24, 2.45) is 0 Å². The van der Waals surface area contributed by atoms with Crippen molar-refractivity contribution in [2.75, 3.05) is 47.6 Å². The van der Waals surface area contributed by atoms with Crippen molar-refractivity contribution in [2.45, 2.75) is 19.0 Å². The van der Waals surface area contributed by atoms with Gasteiger partial charge in [0.15, 0.2) is 0 Å². The van der Waals surface area contributed by atoms with Gasteiger partial charge in [-0.05, 0) is 6.42 Å². The van der Waals surface area contributed by atoms with Crippen LogP contribution in [-0.4, -0.2) is 67.0 Å². The van der Waals surface area contributed by atoms with Crippen LogP contribution < -0.4 is 0 Å². The van der Waals surface area contributed by atoms with E-state index in [9.17, 15) is 0 Å². The smallest absolute Gasteiger partial charge is 0.379 e. The van der Waals surface area contributed by atoms with Crippen LogP contribution in [0.1, 0.15) is 13.3 Å². The SMILES string of the molecule is CCC(N1CCOCC1)[Si](OC)(OC)OC. The maximum Gasteiger partial charge on any atom is 0.518 e. The zero-order chi connectivity index (χ0) is 12.0. The predicted molar refractivity (Wildman–Crippen MR) is 63.3 cm³/mol. The Bertz CT molecular complexity index is 187. The molecule has 0 aromatic rings. The van der Waals surface area contributed by atoms with E-state index in [1.54, 1.807) is 21.3 Å². The van der Waals surface area contributed by atoms with E-state index in [1.807, 2.05) is 0 Å². The molecule has 1 fully saturated rings. The second kappa shape index (κ2) is 6.68. The van der Waals surface area contributed by atoms with Crippen LogP contribution in [0, 0.1) is 0 Å². The average Bonchev–Trinajstić information content (AvgIpc) is 2.37. The first kappa shape index (κ1) is 14.1. The monoisotopic (exact) mass is 249 g/mol. The number of nitrogens with zero attached hydrogens (tertiary/aromatic N) is 1. The Morgan fingerprint density at radius 1 is 1.12 bits per heavy atom. The molecule has 0 bridgehead atoms. The van der Waals surface area contributed by atoms with Crippen molar-refractivity contribution >= 4 is 8.80 Å². The largest absolute Gasteiger partial charge is 0.518 e. The minimum atomic E-state index is -2.56. The van der Waals surface area contributed by atoms with Gasteiger partial charge in [0, 0.05) is 34.4 Å². The molecule has 96 valence electrons. The Balaban J connectivity index is 2.76. The molecule has 16 heavy (non-hydrogen) atoms. The Hall–Kier alpha value is 0.0169. The summed E-state index contributed by atoms with van der Waals surface area (Å²) in [5.41, 5.74) is 0.219. The Labute approximate surface area is 99.0 Å². The normalized spacial score (nSPS) is 21.0. The van der Waals surface area contributed by atoms with Crippen LogP contribution in [0.15, 0.2) is 0 Å². The summed E-state index contributed by atoms with van der Waals surface area (Å²) in [6.45, 7) is 5.53. The first-order chi connectivity index (χ1) is 7.74. The molecular formula is C10H23NO4Si. The van der Waals surface area contributed by atoms with E-state index in [0.717, 1.165) is 32.7 Å². The summed E-state index contributed by atoms with van der Waals surface area (Å²) in [6.07, 6.45) is 0.960. The third-order valence-corrected chi connectivity index (χ3v) is 6.43. The minimum absolute atomic E-state index is 0.219. The van der Waals surface area contributed by atoms with E-state index in [0.29, 0.717) is 0 Å². The summed E-state index contributed by atoms with van der Waals surface area (Å²) < 4.78 is 22.0. The molecule has 0 spiro atoms. The quantitative estimate of drug-likeness (QED) is 0.642. The molecule has 0 amide bonds. The lowest BCUT2D eigenvalue weighted by molar-refractivity contribution is 0.00398. The summed E-state index contributed by atoms with van der Waals surface area (Å²) >= 11 is 0. The number of rotatable bonds is 6. The lowest BCUT2D eigenvalue weighted by Crippen LogP contribution is -2.63. The highest BCUT2D eigenvalue weighted by Gasteiger charge is 2.49. The predicted octanol–water partition coefficient (Wildman–Crippen LogP) is 0.515. The van der Waals surface area contributed by atoms with Crippen LogP contribution in [0.2, 0.25) is 0 Å². The maximum absolute atomic E-state index is 5.55. The van der Waals surface area contributed by atoms with Crippen molar-refractivity contribution in [3.8, 4) is 0 Å². The van der Waals surface area contributed by atoms with Crippen LogP contribution in [0.5, 0.6) is 0 Å². The highest BCUT2D eigenvalue weighted by Crippen LogP contribution is 2.21. The fourth-order valence-electron chi connectivity index (χ4n) is 2.28.